The van der Waals surface area contributed by atoms with E-state index in [0.717, 1.165) is 0 Å². The van der Waals surface area contributed by atoms with Gasteiger partial charge in [-0.25, -0.2) is 0 Å². The number of hydrogen-bond acceptors (Lipinski definition) is 6. The Bertz CT molecular complexity index is 701. The van der Waals surface area contributed by atoms with Gasteiger partial charge in [0.2, 0.25) is 5.91 Å². The molecule has 2 aromatic rings. The molecule has 1 N–H and O–H groups in total. The highest BCUT2D eigenvalue weighted by Crippen LogP contribution is 2.28. The molecular formula is C13H15N5O3S. The molecule has 1 amide bonds. The van der Waals surface area contributed by atoms with Crippen LogP contribution in [0.4, 0.5) is 11.4 Å². The molecule has 9 heteroatoms. The van der Waals surface area contributed by atoms with Crippen LogP contribution in [0.15, 0.2) is 29.7 Å². The Morgan fingerprint density at radius 3 is 2.95 bits per heavy atom. The molecule has 8 nitrogen and oxygen atoms in total. The first-order valence-corrected chi connectivity index (χ1v) is 7.56. The summed E-state index contributed by atoms with van der Waals surface area (Å²) in [4.78, 5) is 22.5. The first-order chi connectivity index (χ1) is 10.5. The molecule has 1 heterocycles. The van der Waals surface area contributed by atoms with Crippen LogP contribution in [-0.2, 0) is 11.3 Å². The highest BCUT2D eigenvalue weighted by atomic mass is 32.2. The monoisotopic (exact) mass is 321 g/mol. The zero-order valence-corrected chi connectivity index (χ0v) is 13.0. The second-order valence-electron chi connectivity index (χ2n) is 4.46. The second-order valence-corrected chi connectivity index (χ2v) is 5.41. The lowest BCUT2D eigenvalue weighted by Gasteiger charge is -2.08. The molecule has 1 aromatic heterocycles. The Hall–Kier alpha value is -2.42. The number of benzene rings is 1. The first-order valence-electron chi connectivity index (χ1n) is 6.57. The molecule has 0 atom stereocenters. The van der Waals surface area contributed by atoms with E-state index in [9.17, 15) is 14.9 Å². The number of nitro benzene ring substituents is 1. The van der Waals surface area contributed by atoms with Crippen molar-refractivity contribution < 1.29 is 9.72 Å². The number of nitro groups is 1. The van der Waals surface area contributed by atoms with Crippen LogP contribution in [0.5, 0.6) is 0 Å². The van der Waals surface area contributed by atoms with E-state index in [1.807, 2.05) is 11.5 Å². The van der Waals surface area contributed by atoms with Crippen LogP contribution in [0.2, 0.25) is 0 Å². The molecule has 0 aliphatic heterocycles. The van der Waals surface area contributed by atoms with E-state index >= 15 is 0 Å². The lowest BCUT2D eigenvalue weighted by molar-refractivity contribution is -0.384. The Kier molecular flexibility index (Phi) is 5.10. The van der Waals surface area contributed by atoms with Gasteiger partial charge in [-0.15, -0.1) is 10.2 Å². The molecule has 2 rings (SSSR count). The van der Waals surface area contributed by atoms with Gasteiger partial charge in [0.1, 0.15) is 12.0 Å². The molecule has 1 aromatic carbocycles. The summed E-state index contributed by atoms with van der Waals surface area (Å²) in [7, 11) is 0. The third-order valence-corrected chi connectivity index (χ3v) is 3.95. The predicted molar refractivity (Wildman–Crippen MR) is 82.9 cm³/mol. The summed E-state index contributed by atoms with van der Waals surface area (Å²) in [5, 5.41) is 21.9. The van der Waals surface area contributed by atoms with Crippen molar-refractivity contribution in [2.45, 2.75) is 25.5 Å². The van der Waals surface area contributed by atoms with Crippen molar-refractivity contribution in [2.75, 3.05) is 11.1 Å². The summed E-state index contributed by atoms with van der Waals surface area (Å²) in [6.45, 7) is 4.37. The van der Waals surface area contributed by atoms with Gasteiger partial charge in [0.15, 0.2) is 5.16 Å². The van der Waals surface area contributed by atoms with Gasteiger partial charge in [-0.05, 0) is 19.4 Å². The SMILES string of the molecule is CCn1cnnc1SCC(=O)Nc1c(C)cccc1[N+](=O)[O-]. The lowest BCUT2D eigenvalue weighted by Crippen LogP contribution is -2.16. The molecule has 0 saturated carbocycles. The lowest BCUT2D eigenvalue weighted by atomic mass is 10.1. The van der Waals surface area contributed by atoms with Crippen LogP contribution in [-0.4, -0.2) is 31.3 Å². The van der Waals surface area contributed by atoms with Crippen LogP contribution in [0.1, 0.15) is 12.5 Å². The minimum atomic E-state index is -0.510. The quantitative estimate of drug-likeness (QED) is 0.497. The number of carbonyl (C=O) groups excluding carboxylic acids is 1. The van der Waals surface area contributed by atoms with Crippen LogP contribution in [0, 0.1) is 17.0 Å². The van der Waals surface area contributed by atoms with Crippen molar-refractivity contribution in [3.8, 4) is 0 Å². The predicted octanol–water partition coefficient (Wildman–Crippen LogP) is 2.25. The summed E-state index contributed by atoms with van der Waals surface area (Å²) in [6.07, 6.45) is 1.59. The van der Waals surface area contributed by atoms with E-state index in [4.69, 9.17) is 0 Å². The van der Waals surface area contributed by atoms with Crippen LogP contribution in [0.3, 0.4) is 0 Å². The van der Waals surface area contributed by atoms with Gasteiger partial charge in [-0.2, -0.15) is 0 Å². The number of para-hydroxylation sites is 1. The molecule has 0 spiro atoms. The number of nitrogens with one attached hydrogen (secondary N) is 1. The van der Waals surface area contributed by atoms with E-state index in [-0.39, 0.29) is 23.0 Å². The first kappa shape index (κ1) is 16.0. The van der Waals surface area contributed by atoms with Crippen LogP contribution >= 0.6 is 11.8 Å². The van der Waals surface area contributed by atoms with Gasteiger partial charge in [-0.3, -0.25) is 14.9 Å². The van der Waals surface area contributed by atoms with Gasteiger partial charge in [0, 0.05) is 12.6 Å². The fourth-order valence-electron chi connectivity index (χ4n) is 1.85. The van der Waals surface area contributed by atoms with E-state index < -0.39 is 4.92 Å². The van der Waals surface area contributed by atoms with Crippen molar-refractivity contribution in [1.29, 1.82) is 0 Å². The number of amides is 1. The average Bonchev–Trinajstić information content (AvgIpc) is 2.94. The second kappa shape index (κ2) is 7.03. The molecule has 116 valence electrons. The molecule has 0 aliphatic carbocycles. The maximum atomic E-state index is 12.0. The number of aromatic nitrogens is 3. The highest BCUT2D eigenvalue weighted by Gasteiger charge is 2.18. The molecule has 0 fully saturated rings. The zero-order valence-electron chi connectivity index (χ0n) is 12.1. The van der Waals surface area contributed by atoms with E-state index in [1.54, 1.807) is 25.4 Å². The Morgan fingerprint density at radius 2 is 2.27 bits per heavy atom. The average molecular weight is 321 g/mol. The number of rotatable bonds is 6. The molecule has 0 bridgehead atoms. The van der Waals surface area contributed by atoms with Gasteiger partial charge < -0.3 is 9.88 Å². The molecular weight excluding hydrogens is 306 g/mol. The number of hydrogen-bond donors (Lipinski definition) is 1. The smallest absolute Gasteiger partial charge is 0.293 e. The summed E-state index contributed by atoms with van der Waals surface area (Å²) >= 11 is 1.23. The summed E-state index contributed by atoms with van der Waals surface area (Å²) < 4.78 is 1.81. The van der Waals surface area contributed by atoms with Crippen molar-refractivity contribution in [1.82, 2.24) is 14.8 Å². The summed E-state index contributed by atoms with van der Waals surface area (Å²) in [5.41, 5.74) is 0.759. The number of thioether (sulfide) groups is 1. The minimum absolute atomic E-state index is 0.101. The van der Waals surface area contributed by atoms with Gasteiger partial charge in [-0.1, -0.05) is 23.9 Å². The van der Waals surface area contributed by atoms with Gasteiger partial charge in [0.05, 0.1) is 10.7 Å². The minimum Gasteiger partial charge on any atom is -0.319 e. The largest absolute Gasteiger partial charge is 0.319 e. The number of anilines is 1. The summed E-state index contributed by atoms with van der Waals surface area (Å²) in [6, 6.07) is 4.66. The van der Waals surface area contributed by atoms with Crippen molar-refractivity contribution >= 4 is 29.0 Å². The van der Waals surface area contributed by atoms with Crippen molar-refractivity contribution in [3.05, 3.63) is 40.2 Å². The topological polar surface area (TPSA) is 103 Å². The Labute approximate surface area is 131 Å². The molecule has 0 radical (unpaired) electrons. The maximum Gasteiger partial charge on any atom is 0.293 e. The standard InChI is InChI=1S/C13H15N5O3S/c1-3-17-8-14-16-13(17)22-7-11(19)15-12-9(2)5-4-6-10(12)18(20)21/h4-6,8H,3,7H2,1-2H3,(H,15,19). The Morgan fingerprint density at radius 1 is 1.50 bits per heavy atom. The van der Waals surface area contributed by atoms with Gasteiger partial charge in [0.25, 0.3) is 5.69 Å². The van der Waals surface area contributed by atoms with Gasteiger partial charge >= 0.3 is 0 Å². The zero-order chi connectivity index (χ0) is 16.1. The maximum absolute atomic E-state index is 12.0. The fraction of sp³-hybridized carbons (Fsp3) is 0.308. The van der Waals surface area contributed by atoms with Crippen molar-refractivity contribution in [3.63, 3.8) is 0 Å². The van der Waals surface area contributed by atoms with Crippen molar-refractivity contribution in [2.24, 2.45) is 0 Å². The molecule has 0 aliphatic rings. The summed E-state index contributed by atoms with van der Waals surface area (Å²) in [5.74, 6) is -0.225. The molecule has 0 saturated heterocycles. The third kappa shape index (κ3) is 3.61. The third-order valence-electron chi connectivity index (χ3n) is 2.96. The Balaban J connectivity index is 2.05. The van der Waals surface area contributed by atoms with E-state index in [2.05, 4.69) is 15.5 Å². The normalized spacial score (nSPS) is 10.5. The fourth-order valence-corrected chi connectivity index (χ4v) is 2.63. The van der Waals surface area contributed by atoms with Crippen LogP contribution in [0.25, 0.3) is 0 Å². The van der Waals surface area contributed by atoms with E-state index in [1.165, 1.54) is 17.8 Å². The number of aryl methyl sites for hydroxylation is 2. The van der Waals surface area contributed by atoms with E-state index in [0.29, 0.717) is 17.3 Å². The molecule has 22 heavy (non-hydrogen) atoms. The number of carbonyl (C=O) groups is 1. The molecule has 0 unspecified atom stereocenters. The highest BCUT2D eigenvalue weighted by molar-refractivity contribution is 7.99. The number of nitrogens with zero attached hydrogens (tertiary/aromatic N) is 4. The van der Waals surface area contributed by atoms with Crippen LogP contribution < -0.4 is 5.32 Å².